The zero-order valence-corrected chi connectivity index (χ0v) is 11.3. The first-order valence-electron chi connectivity index (χ1n) is 5.47. The van der Waals surface area contributed by atoms with E-state index in [2.05, 4.69) is 34.5 Å². The number of nitrogens with zero attached hydrogens (tertiary/aromatic N) is 2. The van der Waals surface area contributed by atoms with Crippen molar-refractivity contribution in [2.45, 2.75) is 17.2 Å². The molecule has 1 unspecified atom stereocenters. The lowest BCUT2D eigenvalue weighted by molar-refractivity contribution is 0.784. The van der Waals surface area contributed by atoms with Crippen molar-refractivity contribution in [2.75, 3.05) is 12.3 Å². The van der Waals surface area contributed by atoms with E-state index < -0.39 is 0 Å². The first kappa shape index (κ1) is 12.5. The van der Waals surface area contributed by atoms with Gasteiger partial charge in [-0.3, -0.25) is 0 Å². The second-order valence-corrected chi connectivity index (χ2v) is 6.19. The first-order chi connectivity index (χ1) is 8.29. The monoisotopic (exact) mass is 265 g/mol. The third kappa shape index (κ3) is 3.52. The van der Waals surface area contributed by atoms with E-state index in [0.29, 0.717) is 12.5 Å². The number of nitrogens with two attached hydrogens (primary N) is 1. The summed E-state index contributed by atoms with van der Waals surface area (Å²) in [5.74, 6) is 1.33. The van der Waals surface area contributed by atoms with Crippen LogP contribution in [0, 0.1) is 6.92 Å². The molecule has 0 saturated carbocycles. The zero-order chi connectivity index (χ0) is 12.1. The number of hydrogen-bond donors (Lipinski definition) is 1. The van der Waals surface area contributed by atoms with E-state index in [-0.39, 0.29) is 0 Å². The molecule has 1 heterocycles. The molecule has 0 aliphatic heterocycles. The normalized spacial score (nSPS) is 12.6. The van der Waals surface area contributed by atoms with Gasteiger partial charge >= 0.3 is 0 Å². The summed E-state index contributed by atoms with van der Waals surface area (Å²) in [7, 11) is 0. The van der Waals surface area contributed by atoms with E-state index in [1.54, 1.807) is 23.1 Å². The predicted octanol–water partition coefficient (Wildman–Crippen LogP) is 2.68. The van der Waals surface area contributed by atoms with Crippen LogP contribution in [0.25, 0.3) is 0 Å². The highest BCUT2D eigenvalue weighted by atomic mass is 32.2. The third-order valence-electron chi connectivity index (χ3n) is 2.47. The fourth-order valence-electron chi connectivity index (χ4n) is 1.53. The Labute approximate surface area is 109 Å². The maximum Gasteiger partial charge on any atom is 0.174 e. The van der Waals surface area contributed by atoms with Gasteiger partial charge in [0, 0.05) is 11.7 Å². The molecule has 0 bridgehead atoms. The van der Waals surface area contributed by atoms with Crippen molar-refractivity contribution in [1.29, 1.82) is 0 Å². The Bertz CT molecular complexity index is 456. The standard InChI is InChI=1S/C12H15N3S2/c1-9-14-15-12(17-9)16-8-11(7-13)10-5-3-2-4-6-10/h2-6,11H,7-8,13H2,1H3. The van der Waals surface area contributed by atoms with E-state index >= 15 is 0 Å². The molecule has 2 N–H and O–H groups in total. The van der Waals surface area contributed by atoms with Gasteiger partial charge in [0.25, 0.3) is 0 Å². The maximum absolute atomic E-state index is 5.83. The van der Waals surface area contributed by atoms with Crippen molar-refractivity contribution in [1.82, 2.24) is 10.2 Å². The van der Waals surface area contributed by atoms with Crippen molar-refractivity contribution < 1.29 is 0 Å². The highest BCUT2D eigenvalue weighted by Crippen LogP contribution is 2.27. The fraction of sp³-hybridized carbons (Fsp3) is 0.333. The minimum absolute atomic E-state index is 0.380. The van der Waals surface area contributed by atoms with Gasteiger partial charge < -0.3 is 5.73 Å². The van der Waals surface area contributed by atoms with Crippen molar-refractivity contribution in [3.05, 3.63) is 40.9 Å². The van der Waals surface area contributed by atoms with Crippen molar-refractivity contribution >= 4 is 23.1 Å². The Morgan fingerprint density at radius 1 is 1.29 bits per heavy atom. The van der Waals surface area contributed by atoms with Crippen molar-refractivity contribution in [3.63, 3.8) is 0 Å². The van der Waals surface area contributed by atoms with Crippen LogP contribution in [0.3, 0.4) is 0 Å². The van der Waals surface area contributed by atoms with Crippen LogP contribution in [0.2, 0.25) is 0 Å². The summed E-state index contributed by atoms with van der Waals surface area (Å²) < 4.78 is 1.02. The molecule has 0 radical (unpaired) electrons. The summed E-state index contributed by atoms with van der Waals surface area (Å²) in [5.41, 5.74) is 7.12. The fourth-order valence-corrected chi connectivity index (χ4v) is 3.52. The number of hydrogen-bond acceptors (Lipinski definition) is 5. The lowest BCUT2D eigenvalue weighted by Gasteiger charge is -2.13. The lowest BCUT2D eigenvalue weighted by Crippen LogP contribution is -2.14. The van der Waals surface area contributed by atoms with E-state index in [1.807, 2.05) is 13.0 Å². The molecule has 0 fully saturated rings. The topological polar surface area (TPSA) is 51.8 Å². The number of aryl methyl sites for hydroxylation is 1. The van der Waals surface area contributed by atoms with Crippen molar-refractivity contribution in [3.8, 4) is 0 Å². The molecule has 0 saturated heterocycles. The quantitative estimate of drug-likeness (QED) is 0.845. The van der Waals surface area contributed by atoms with Crippen LogP contribution < -0.4 is 5.73 Å². The molecule has 0 spiro atoms. The van der Waals surface area contributed by atoms with Gasteiger partial charge in [-0.15, -0.1) is 10.2 Å². The highest BCUT2D eigenvalue weighted by molar-refractivity contribution is 8.01. The average molecular weight is 265 g/mol. The number of benzene rings is 1. The second kappa shape index (κ2) is 6.14. The van der Waals surface area contributed by atoms with Gasteiger partial charge in [0.05, 0.1) is 0 Å². The molecule has 0 aliphatic carbocycles. The summed E-state index contributed by atoms with van der Waals surface area (Å²) in [6.45, 7) is 2.63. The SMILES string of the molecule is Cc1nnc(SCC(CN)c2ccccc2)s1. The molecular formula is C12H15N3S2. The molecular weight excluding hydrogens is 250 g/mol. The predicted molar refractivity (Wildman–Crippen MR) is 73.6 cm³/mol. The Morgan fingerprint density at radius 2 is 2.06 bits per heavy atom. The van der Waals surface area contributed by atoms with Crippen LogP contribution in [-0.4, -0.2) is 22.5 Å². The third-order valence-corrected chi connectivity index (χ3v) is 4.61. The van der Waals surface area contributed by atoms with Crippen LogP contribution in [0.4, 0.5) is 0 Å². The van der Waals surface area contributed by atoms with Crippen LogP contribution in [0.5, 0.6) is 0 Å². The van der Waals surface area contributed by atoms with Gasteiger partial charge in [-0.1, -0.05) is 53.4 Å². The number of aromatic nitrogens is 2. The highest BCUT2D eigenvalue weighted by Gasteiger charge is 2.11. The summed E-state index contributed by atoms with van der Waals surface area (Å²) in [5, 5.41) is 9.13. The smallest absolute Gasteiger partial charge is 0.174 e. The second-order valence-electron chi connectivity index (χ2n) is 3.74. The zero-order valence-electron chi connectivity index (χ0n) is 9.67. The average Bonchev–Trinajstić information content (AvgIpc) is 2.77. The van der Waals surface area contributed by atoms with E-state index in [0.717, 1.165) is 15.1 Å². The van der Waals surface area contributed by atoms with Crippen LogP contribution in [0.15, 0.2) is 34.7 Å². The Hall–Kier alpha value is -0.910. The Balaban J connectivity index is 1.97. The molecule has 0 amide bonds. The molecule has 90 valence electrons. The summed E-state index contributed by atoms with van der Waals surface area (Å²) in [4.78, 5) is 0. The van der Waals surface area contributed by atoms with Gasteiger partial charge in [0.1, 0.15) is 5.01 Å². The van der Waals surface area contributed by atoms with Crippen LogP contribution in [0.1, 0.15) is 16.5 Å². The van der Waals surface area contributed by atoms with Crippen LogP contribution >= 0.6 is 23.1 Å². The van der Waals surface area contributed by atoms with Gasteiger partial charge in [-0.2, -0.15) is 0 Å². The number of thioether (sulfide) groups is 1. The molecule has 17 heavy (non-hydrogen) atoms. The van der Waals surface area contributed by atoms with Gasteiger partial charge in [0.15, 0.2) is 4.34 Å². The summed E-state index contributed by atoms with van der Waals surface area (Å²) >= 11 is 3.37. The molecule has 3 nitrogen and oxygen atoms in total. The minimum atomic E-state index is 0.380. The molecule has 1 aromatic heterocycles. The summed E-state index contributed by atoms with van der Waals surface area (Å²) in [6, 6.07) is 10.4. The molecule has 2 aromatic rings. The molecule has 2 rings (SSSR count). The first-order valence-corrected chi connectivity index (χ1v) is 7.27. The van der Waals surface area contributed by atoms with Gasteiger partial charge in [-0.25, -0.2) is 0 Å². The van der Waals surface area contributed by atoms with Gasteiger partial charge in [-0.05, 0) is 19.0 Å². The largest absolute Gasteiger partial charge is 0.330 e. The van der Waals surface area contributed by atoms with Crippen molar-refractivity contribution in [2.24, 2.45) is 5.73 Å². The Kier molecular flexibility index (Phi) is 4.53. The Morgan fingerprint density at radius 3 is 2.65 bits per heavy atom. The van der Waals surface area contributed by atoms with Gasteiger partial charge in [0.2, 0.25) is 0 Å². The maximum atomic E-state index is 5.83. The van der Waals surface area contributed by atoms with E-state index in [1.165, 1.54) is 5.56 Å². The van der Waals surface area contributed by atoms with E-state index in [4.69, 9.17) is 5.73 Å². The summed E-state index contributed by atoms with van der Waals surface area (Å²) in [6.07, 6.45) is 0. The van der Waals surface area contributed by atoms with E-state index in [9.17, 15) is 0 Å². The molecule has 1 atom stereocenters. The van der Waals surface area contributed by atoms with Crippen LogP contribution in [-0.2, 0) is 0 Å². The number of rotatable bonds is 5. The molecule has 0 aliphatic rings. The molecule has 1 aromatic carbocycles. The minimum Gasteiger partial charge on any atom is -0.330 e. The molecule has 5 heteroatoms. The lowest BCUT2D eigenvalue weighted by atomic mass is 10.0.